The van der Waals surface area contributed by atoms with Crippen molar-refractivity contribution in [1.82, 2.24) is 10.2 Å². The summed E-state index contributed by atoms with van der Waals surface area (Å²) in [6.07, 6.45) is 0. The van der Waals surface area contributed by atoms with Gasteiger partial charge in [-0.3, -0.25) is 13.9 Å². The molecule has 0 unspecified atom stereocenters. The number of benzene rings is 3. The van der Waals surface area contributed by atoms with Gasteiger partial charge in [0.1, 0.15) is 12.6 Å². The quantitative estimate of drug-likeness (QED) is 0.342. The van der Waals surface area contributed by atoms with Crippen molar-refractivity contribution in [3.8, 4) is 0 Å². The molecule has 0 saturated carbocycles. The van der Waals surface area contributed by atoms with Crippen molar-refractivity contribution in [2.45, 2.75) is 44.3 Å². The van der Waals surface area contributed by atoms with Crippen LogP contribution in [-0.4, -0.2) is 43.8 Å². The molecule has 1 N–H and O–H groups in total. The molecule has 10 heteroatoms. The van der Waals surface area contributed by atoms with Crippen LogP contribution in [0.4, 0.5) is 5.69 Å². The van der Waals surface area contributed by atoms with Crippen LogP contribution in [0.5, 0.6) is 0 Å². The summed E-state index contributed by atoms with van der Waals surface area (Å²) >= 11 is 9.72. The highest BCUT2D eigenvalue weighted by Crippen LogP contribution is 2.26. The summed E-state index contributed by atoms with van der Waals surface area (Å²) in [4.78, 5) is 28.1. The van der Waals surface area contributed by atoms with Crippen molar-refractivity contribution in [2.75, 3.05) is 10.8 Å². The van der Waals surface area contributed by atoms with Gasteiger partial charge in [-0.25, -0.2) is 8.42 Å². The van der Waals surface area contributed by atoms with Gasteiger partial charge in [-0.2, -0.15) is 0 Å². The molecule has 2 amide bonds. The van der Waals surface area contributed by atoms with Gasteiger partial charge in [-0.1, -0.05) is 63.9 Å². The van der Waals surface area contributed by atoms with Gasteiger partial charge in [0.2, 0.25) is 11.8 Å². The summed E-state index contributed by atoms with van der Waals surface area (Å²) in [5, 5.41) is 3.27. The topological polar surface area (TPSA) is 86.8 Å². The second kappa shape index (κ2) is 12.6. The minimum absolute atomic E-state index is 0.0325. The number of rotatable bonds is 10. The SMILES string of the molecule is CC(C)NC(=O)[C@H](C)N(Cc1ccccc1Cl)C(=O)CN(c1ccc(Br)cc1)S(=O)(=O)c1ccccc1. The van der Waals surface area contributed by atoms with E-state index in [0.717, 1.165) is 8.78 Å². The Bertz CT molecular complexity index is 1340. The van der Waals surface area contributed by atoms with E-state index in [1.54, 1.807) is 73.7 Å². The Morgan fingerprint density at radius 3 is 2.11 bits per heavy atom. The number of nitrogens with one attached hydrogen (secondary N) is 1. The molecule has 0 fully saturated rings. The maximum Gasteiger partial charge on any atom is 0.264 e. The number of nitrogens with zero attached hydrogens (tertiary/aromatic N) is 2. The summed E-state index contributed by atoms with van der Waals surface area (Å²) in [5.74, 6) is -0.898. The first kappa shape index (κ1) is 28.7. The monoisotopic (exact) mass is 605 g/mol. The summed E-state index contributed by atoms with van der Waals surface area (Å²) in [5.41, 5.74) is 0.959. The van der Waals surface area contributed by atoms with Gasteiger partial charge >= 0.3 is 0 Å². The fourth-order valence-corrected chi connectivity index (χ4v) is 5.55. The van der Waals surface area contributed by atoms with Crippen molar-refractivity contribution in [1.29, 1.82) is 0 Å². The average molecular weight is 607 g/mol. The van der Waals surface area contributed by atoms with Crippen LogP contribution in [0.3, 0.4) is 0 Å². The van der Waals surface area contributed by atoms with Gasteiger partial charge in [-0.05, 0) is 68.8 Å². The van der Waals surface area contributed by atoms with Crippen molar-refractivity contribution >= 4 is 55.1 Å². The number of carbonyl (C=O) groups excluding carboxylic acids is 2. The molecule has 0 radical (unpaired) electrons. The number of amides is 2. The summed E-state index contributed by atoms with van der Waals surface area (Å²) in [7, 11) is -4.10. The van der Waals surface area contributed by atoms with E-state index in [0.29, 0.717) is 16.3 Å². The lowest BCUT2D eigenvalue weighted by atomic mass is 10.1. The van der Waals surface area contributed by atoms with Gasteiger partial charge in [-0.15, -0.1) is 0 Å². The lowest BCUT2D eigenvalue weighted by molar-refractivity contribution is -0.139. The van der Waals surface area contributed by atoms with Crippen LogP contribution < -0.4 is 9.62 Å². The van der Waals surface area contributed by atoms with Crippen LogP contribution in [0.2, 0.25) is 5.02 Å². The average Bonchev–Trinajstić information content (AvgIpc) is 2.87. The van der Waals surface area contributed by atoms with Crippen LogP contribution in [0, 0.1) is 0 Å². The molecule has 0 aromatic heterocycles. The van der Waals surface area contributed by atoms with Crippen LogP contribution in [0.25, 0.3) is 0 Å². The molecule has 196 valence electrons. The van der Waals surface area contributed by atoms with Crippen molar-refractivity contribution in [2.24, 2.45) is 0 Å². The van der Waals surface area contributed by atoms with Gasteiger partial charge < -0.3 is 10.2 Å². The Kier molecular flexibility index (Phi) is 9.75. The molecule has 0 spiro atoms. The Hall–Kier alpha value is -2.88. The minimum atomic E-state index is -4.10. The van der Waals surface area contributed by atoms with Gasteiger partial charge in [0.25, 0.3) is 10.0 Å². The Labute approximate surface area is 231 Å². The van der Waals surface area contributed by atoms with Crippen LogP contribution >= 0.6 is 27.5 Å². The van der Waals surface area contributed by atoms with E-state index in [1.807, 2.05) is 13.8 Å². The lowest BCUT2D eigenvalue weighted by Gasteiger charge is -2.32. The molecule has 0 saturated heterocycles. The zero-order valence-corrected chi connectivity index (χ0v) is 23.9. The van der Waals surface area contributed by atoms with E-state index in [1.165, 1.54) is 17.0 Å². The maximum absolute atomic E-state index is 13.8. The highest BCUT2D eigenvalue weighted by molar-refractivity contribution is 9.10. The summed E-state index contributed by atoms with van der Waals surface area (Å²) in [6.45, 7) is 4.79. The maximum atomic E-state index is 13.8. The fourth-order valence-electron chi connectivity index (χ4n) is 3.65. The van der Waals surface area contributed by atoms with Gasteiger partial charge in [0.15, 0.2) is 0 Å². The zero-order chi connectivity index (χ0) is 27.2. The normalized spacial score (nSPS) is 12.2. The smallest absolute Gasteiger partial charge is 0.264 e. The number of carbonyl (C=O) groups is 2. The third-order valence-electron chi connectivity index (χ3n) is 5.62. The minimum Gasteiger partial charge on any atom is -0.352 e. The molecule has 1 atom stereocenters. The third kappa shape index (κ3) is 7.34. The number of hydrogen-bond acceptors (Lipinski definition) is 4. The molecule has 0 aliphatic carbocycles. The standard InChI is InChI=1S/C27H29BrClN3O4S/c1-19(2)30-27(34)20(3)31(17-21-9-7-8-12-25(21)29)26(33)18-32(23-15-13-22(28)14-16-23)37(35,36)24-10-5-4-6-11-24/h4-16,19-20H,17-18H2,1-3H3,(H,30,34)/t20-/m0/s1. The fraction of sp³-hybridized carbons (Fsp3) is 0.259. The van der Waals surface area contributed by atoms with E-state index in [4.69, 9.17) is 11.6 Å². The molecule has 0 aliphatic rings. The Morgan fingerprint density at radius 2 is 1.51 bits per heavy atom. The third-order valence-corrected chi connectivity index (χ3v) is 8.31. The number of sulfonamides is 1. The molecular formula is C27H29BrClN3O4S. The van der Waals surface area contributed by atoms with Crippen LogP contribution in [0.15, 0.2) is 88.2 Å². The van der Waals surface area contributed by atoms with E-state index in [-0.39, 0.29) is 23.4 Å². The van der Waals surface area contributed by atoms with E-state index < -0.39 is 28.5 Å². The second-order valence-electron chi connectivity index (χ2n) is 8.75. The molecule has 3 aromatic rings. The predicted molar refractivity (Wildman–Crippen MR) is 150 cm³/mol. The van der Waals surface area contributed by atoms with E-state index in [9.17, 15) is 18.0 Å². The molecule has 3 rings (SSSR count). The van der Waals surface area contributed by atoms with Crippen molar-refractivity contribution < 1.29 is 18.0 Å². The Morgan fingerprint density at radius 1 is 0.919 bits per heavy atom. The van der Waals surface area contributed by atoms with Crippen molar-refractivity contribution in [3.63, 3.8) is 0 Å². The lowest BCUT2D eigenvalue weighted by Crippen LogP contribution is -2.52. The number of anilines is 1. The predicted octanol–water partition coefficient (Wildman–Crippen LogP) is 5.24. The molecule has 0 heterocycles. The first-order valence-electron chi connectivity index (χ1n) is 11.7. The van der Waals surface area contributed by atoms with Crippen LogP contribution in [-0.2, 0) is 26.2 Å². The van der Waals surface area contributed by atoms with Gasteiger partial charge in [0.05, 0.1) is 10.6 Å². The molecule has 37 heavy (non-hydrogen) atoms. The first-order valence-corrected chi connectivity index (χ1v) is 14.3. The molecule has 7 nitrogen and oxygen atoms in total. The highest BCUT2D eigenvalue weighted by atomic mass is 79.9. The second-order valence-corrected chi connectivity index (χ2v) is 11.9. The first-order chi connectivity index (χ1) is 17.5. The number of hydrogen-bond donors (Lipinski definition) is 1. The summed E-state index contributed by atoms with van der Waals surface area (Å²) < 4.78 is 29.2. The van der Waals surface area contributed by atoms with E-state index >= 15 is 0 Å². The van der Waals surface area contributed by atoms with E-state index in [2.05, 4.69) is 21.2 Å². The number of halogens is 2. The van der Waals surface area contributed by atoms with Crippen molar-refractivity contribution in [3.05, 3.63) is 93.9 Å². The molecule has 0 aliphatic heterocycles. The van der Waals surface area contributed by atoms with Crippen LogP contribution in [0.1, 0.15) is 26.3 Å². The Balaban J connectivity index is 2.02. The highest BCUT2D eigenvalue weighted by Gasteiger charge is 2.32. The molecule has 0 bridgehead atoms. The molecule has 3 aromatic carbocycles. The molecular weight excluding hydrogens is 578 g/mol. The zero-order valence-electron chi connectivity index (χ0n) is 20.8. The summed E-state index contributed by atoms with van der Waals surface area (Å²) in [6, 6.07) is 20.6. The van der Waals surface area contributed by atoms with Gasteiger partial charge in [0, 0.05) is 22.1 Å². The largest absolute Gasteiger partial charge is 0.352 e.